The van der Waals surface area contributed by atoms with Crippen LogP contribution in [0.25, 0.3) is 0 Å². The van der Waals surface area contributed by atoms with Crippen molar-refractivity contribution in [3.8, 4) is 0 Å². The number of nitrogens with zero attached hydrogens (tertiary/aromatic N) is 3. The molecule has 2 rings (SSSR count). The van der Waals surface area contributed by atoms with Crippen LogP contribution in [0.5, 0.6) is 0 Å². The summed E-state index contributed by atoms with van der Waals surface area (Å²) in [6.45, 7) is 10.2. The van der Waals surface area contributed by atoms with Gasteiger partial charge >= 0.3 is 0 Å². The van der Waals surface area contributed by atoms with Gasteiger partial charge in [0.25, 0.3) is 0 Å². The molecule has 2 heterocycles. The normalized spacial score (nSPS) is 13.1. The molecular weight excluding hydrogens is 240 g/mol. The van der Waals surface area contributed by atoms with Crippen molar-refractivity contribution in [3.63, 3.8) is 0 Å². The largest absolute Gasteiger partial charge is 0.348 e. The maximum absolute atomic E-state index is 4.72. The third kappa shape index (κ3) is 3.23. The van der Waals surface area contributed by atoms with Crippen LogP contribution in [0.2, 0.25) is 0 Å². The molecule has 5 nitrogen and oxygen atoms in total. The molecule has 19 heavy (non-hydrogen) atoms. The highest BCUT2D eigenvalue weighted by Gasteiger charge is 2.16. The summed E-state index contributed by atoms with van der Waals surface area (Å²) in [6.07, 6.45) is 4.25. The van der Waals surface area contributed by atoms with Crippen molar-refractivity contribution in [2.45, 2.75) is 40.3 Å². The van der Waals surface area contributed by atoms with E-state index >= 15 is 0 Å². The maximum Gasteiger partial charge on any atom is 0.127 e. The van der Waals surface area contributed by atoms with Crippen molar-refractivity contribution in [1.82, 2.24) is 20.2 Å². The van der Waals surface area contributed by atoms with Gasteiger partial charge in [0, 0.05) is 18.4 Å². The quantitative estimate of drug-likeness (QED) is 0.869. The van der Waals surface area contributed by atoms with Crippen LogP contribution in [-0.4, -0.2) is 21.4 Å². The summed E-state index contributed by atoms with van der Waals surface area (Å²) >= 11 is 0. The van der Waals surface area contributed by atoms with Crippen molar-refractivity contribution in [1.29, 1.82) is 0 Å². The summed E-state index contributed by atoms with van der Waals surface area (Å²) in [5.41, 5.74) is 3.04. The van der Waals surface area contributed by atoms with Gasteiger partial charge in [0.15, 0.2) is 0 Å². The van der Waals surface area contributed by atoms with Gasteiger partial charge in [-0.2, -0.15) is 0 Å². The second-order valence-corrected chi connectivity index (χ2v) is 5.19. The van der Waals surface area contributed by atoms with Crippen molar-refractivity contribution >= 4 is 0 Å². The SMILES string of the molecule is CCNC(c1ccn(Cc2nonc2C)c1)C(C)C. The van der Waals surface area contributed by atoms with Crippen molar-refractivity contribution in [3.05, 3.63) is 35.4 Å². The van der Waals surface area contributed by atoms with Gasteiger partial charge in [0.1, 0.15) is 11.4 Å². The van der Waals surface area contributed by atoms with Crippen molar-refractivity contribution in [2.24, 2.45) is 5.92 Å². The van der Waals surface area contributed by atoms with Crippen LogP contribution in [0, 0.1) is 12.8 Å². The second kappa shape index (κ2) is 6.02. The van der Waals surface area contributed by atoms with Crippen molar-refractivity contribution in [2.75, 3.05) is 6.54 Å². The Morgan fingerprint density at radius 1 is 1.37 bits per heavy atom. The van der Waals surface area contributed by atoms with E-state index in [4.69, 9.17) is 4.63 Å². The fraction of sp³-hybridized carbons (Fsp3) is 0.571. The first kappa shape index (κ1) is 13.8. The number of hydrogen-bond donors (Lipinski definition) is 1. The fourth-order valence-electron chi connectivity index (χ4n) is 2.27. The minimum absolute atomic E-state index is 0.391. The third-order valence-corrected chi connectivity index (χ3v) is 3.30. The van der Waals surface area contributed by atoms with Crippen LogP contribution in [0.15, 0.2) is 23.1 Å². The number of aryl methyl sites for hydroxylation is 1. The van der Waals surface area contributed by atoms with E-state index in [1.54, 1.807) is 0 Å². The molecular formula is C14H22N4O. The first-order valence-electron chi connectivity index (χ1n) is 6.79. The standard InChI is InChI=1S/C14H22N4O/c1-5-15-14(10(2)3)12-6-7-18(8-12)9-13-11(4)16-19-17-13/h6-8,10,14-15H,5,9H2,1-4H3. The number of aromatic nitrogens is 3. The highest BCUT2D eigenvalue weighted by molar-refractivity contribution is 5.17. The topological polar surface area (TPSA) is 55.9 Å². The molecule has 1 unspecified atom stereocenters. The molecule has 0 fully saturated rings. The number of nitrogens with one attached hydrogen (secondary N) is 1. The minimum atomic E-state index is 0.391. The number of rotatable bonds is 6. The van der Waals surface area contributed by atoms with Gasteiger partial charge in [-0.15, -0.1) is 0 Å². The molecule has 5 heteroatoms. The Labute approximate surface area is 114 Å². The van der Waals surface area contributed by atoms with Crippen molar-refractivity contribution < 1.29 is 4.63 Å². The minimum Gasteiger partial charge on any atom is -0.348 e. The van der Waals surface area contributed by atoms with E-state index in [1.165, 1.54) is 5.56 Å². The van der Waals surface area contributed by atoms with Crippen LogP contribution >= 0.6 is 0 Å². The zero-order valence-corrected chi connectivity index (χ0v) is 12.1. The molecule has 2 aromatic rings. The first-order valence-corrected chi connectivity index (χ1v) is 6.79. The van der Waals surface area contributed by atoms with Gasteiger partial charge < -0.3 is 9.88 Å². The van der Waals surface area contributed by atoms with Gasteiger partial charge in [-0.3, -0.25) is 0 Å². The molecule has 1 N–H and O–H groups in total. The summed E-state index contributed by atoms with van der Waals surface area (Å²) in [6, 6.07) is 2.55. The highest BCUT2D eigenvalue weighted by Crippen LogP contribution is 2.22. The van der Waals surface area contributed by atoms with E-state index in [9.17, 15) is 0 Å². The van der Waals surface area contributed by atoms with E-state index in [2.05, 4.69) is 59.4 Å². The molecule has 0 aliphatic heterocycles. The Balaban J connectivity index is 2.12. The molecule has 0 amide bonds. The average Bonchev–Trinajstić information content (AvgIpc) is 2.97. The zero-order valence-electron chi connectivity index (χ0n) is 12.1. The smallest absolute Gasteiger partial charge is 0.127 e. The van der Waals surface area contributed by atoms with Gasteiger partial charge in [0.05, 0.1) is 6.54 Å². The van der Waals surface area contributed by atoms with Crippen LogP contribution < -0.4 is 5.32 Å². The first-order chi connectivity index (χ1) is 9.11. The third-order valence-electron chi connectivity index (χ3n) is 3.30. The van der Waals surface area contributed by atoms with E-state index in [0.29, 0.717) is 18.5 Å². The molecule has 0 spiro atoms. The molecule has 0 saturated carbocycles. The average molecular weight is 262 g/mol. The van der Waals surface area contributed by atoms with Gasteiger partial charge in [-0.1, -0.05) is 31.1 Å². The summed E-state index contributed by atoms with van der Waals surface area (Å²) in [7, 11) is 0. The van der Waals surface area contributed by atoms with Crippen LogP contribution in [0.3, 0.4) is 0 Å². The molecule has 0 radical (unpaired) electrons. The summed E-state index contributed by atoms with van der Waals surface area (Å²) in [4.78, 5) is 0. The van der Waals surface area contributed by atoms with Gasteiger partial charge in [-0.05, 0) is 31.0 Å². The highest BCUT2D eigenvalue weighted by atomic mass is 16.6. The molecule has 1 atom stereocenters. The lowest BCUT2D eigenvalue weighted by Crippen LogP contribution is -2.25. The molecule has 0 aliphatic rings. The Bertz CT molecular complexity index is 515. The summed E-state index contributed by atoms with van der Waals surface area (Å²) < 4.78 is 6.84. The lowest BCUT2D eigenvalue weighted by molar-refractivity contribution is 0.300. The lowest BCUT2D eigenvalue weighted by atomic mass is 9.98. The summed E-state index contributed by atoms with van der Waals surface area (Å²) in [5.74, 6) is 0.561. The maximum atomic E-state index is 4.72. The van der Waals surface area contributed by atoms with Crippen LogP contribution in [-0.2, 0) is 6.54 Å². The molecule has 0 saturated heterocycles. The van der Waals surface area contributed by atoms with E-state index in [1.807, 2.05) is 6.92 Å². The Morgan fingerprint density at radius 3 is 2.74 bits per heavy atom. The van der Waals surface area contributed by atoms with E-state index < -0.39 is 0 Å². The monoisotopic (exact) mass is 262 g/mol. The van der Waals surface area contributed by atoms with E-state index in [0.717, 1.165) is 17.9 Å². The van der Waals surface area contributed by atoms with Crippen LogP contribution in [0.1, 0.15) is 43.8 Å². The fourth-order valence-corrected chi connectivity index (χ4v) is 2.27. The Hall–Kier alpha value is -1.62. The molecule has 0 aromatic carbocycles. The zero-order chi connectivity index (χ0) is 13.8. The molecule has 2 aromatic heterocycles. The number of hydrogen-bond acceptors (Lipinski definition) is 4. The molecule has 0 bridgehead atoms. The Morgan fingerprint density at radius 2 is 2.16 bits per heavy atom. The van der Waals surface area contributed by atoms with Gasteiger partial charge in [-0.25, -0.2) is 4.63 Å². The predicted molar refractivity (Wildman–Crippen MR) is 73.8 cm³/mol. The summed E-state index contributed by atoms with van der Waals surface area (Å²) in [5, 5.41) is 11.2. The lowest BCUT2D eigenvalue weighted by Gasteiger charge is -2.20. The Kier molecular flexibility index (Phi) is 4.37. The van der Waals surface area contributed by atoms with Crippen LogP contribution in [0.4, 0.5) is 0 Å². The predicted octanol–water partition coefficient (Wildman–Crippen LogP) is 2.53. The second-order valence-electron chi connectivity index (χ2n) is 5.19. The molecule has 104 valence electrons. The van der Waals surface area contributed by atoms with E-state index in [-0.39, 0.29) is 0 Å². The molecule has 0 aliphatic carbocycles. The van der Waals surface area contributed by atoms with Gasteiger partial charge in [0.2, 0.25) is 0 Å².